The third-order valence-corrected chi connectivity index (χ3v) is 3.90. The van der Waals surface area contributed by atoms with E-state index in [2.05, 4.69) is 22.2 Å². The lowest BCUT2D eigenvalue weighted by Crippen LogP contribution is -2.54. The van der Waals surface area contributed by atoms with Gasteiger partial charge in [0, 0.05) is 50.5 Å². The van der Waals surface area contributed by atoms with Crippen LogP contribution < -0.4 is 10.2 Å². The molecular formula is C13H18N4O2. The van der Waals surface area contributed by atoms with Crippen molar-refractivity contribution in [1.82, 2.24) is 10.2 Å². The lowest BCUT2D eigenvalue weighted by Gasteiger charge is -2.37. The van der Waals surface area contributed by atoms with Gasteiger partial charge in [-0.3, -0.25) is 15.0 Å². The van der Waals surface area contributed by atoms with E-state index in [1.165, 1.54) is 0 Å². The van der Waals surface area contributed by atoms with E-state index in [4.69, 9.17) is 0 Å². The first-order valence-corrected chi connectivity index (χ1v) is 6.58. The second-order valence-corrected chi connectivity index (χ2v) is 5.32. The van der Waals surface area contributed by atoms with Gasteiger partial charge in [0.25, 0.3) is 5.69 Å². The fourth-order valence-electron chi connectivity index (χ4n) is 3.05. The number of nitro groups is 1. The molecule has 0 bridgehead atoms. The third kappa shape index (κ3) is 2.29. The standard InChI is InChI=1S/C13H18N4O2/c1-15-8-10-6-11(17(18)19)2-3-13(10)16-5-4-14-7-12(16)9-15/h2-3,6,12,14H,4-5,7-9H2,1H3. The van der Waals surface area contributed by atoms with Crippen LogP contribution in [0.15, 0.2) is 18.2 Å². The molecular weight excluding hydrogens is 244 g/mol. The Labute approximate surface area is 112 Å². The van der Waals surface area contributed by atoms with E-state index >= 15 is 0 Å². The molecule has 1 aromatic carbocycles. The number of non-ortho nitro benzene ring substituents is 1. The second kappa shape index (κ2) is 4.79. The first kappa shape index (κ1) is 12.4. The maximum atomic E-state index is 10.9. The average molecular weight is 262 g/mol. The molecule has 0 spiro atoms. The van der Waals surface area contributed by atoms with E-state index < -0.39 is 0 Å². The van der Waals surface area contributed by atoms with E-state index in [-0.39, 0.29) is 10.6 Å². The number of piperazine rings is 1. The first-order valence-electron chi connectivity index (χ1n) is 6.58. The van der Waals surface area contributed by atoms with Gasteiger partial charge in [0.1, 0.15) is 0 Å². The maximum Gasteiger partial charge on any atom is 0.269 e. The van der Waals surface area contributed by atoms with E-state index in [0.717, 1.165) is 44.0 Å². The number of rotatable bonds is 1. The van der Waals surface area contributed by atoms with Gasteiger partial charge in [-0.15, -0.1) is 0 Å². The highest BCUT2D eigenvalue weighted by atomic mass is 16.6. The molecule has 2 aliphatic heterocycles. The van der Waals surface area contributed by atoms with Crippen LogP contribution in [0.3, 0.4) is 0 Å². The van der Waals surface area contributed by atoms with Crippen molar-refractivity contribution < 1.29 is 4.92 Å². The number of nitro benzene ring substituents is 1. The van der Waals surface area contributed by atoms with Gasteiger partial charge in [0.15, 0.2) is 0 Å². The summed E-state index contributed by atoms with van der Waals surface area (Å²) < 4.78 is 0. The minimum atomic E-state index is -0.319. The highest BCUT2D eigenvalue weighted by molar-refractivity contribution is 5.59. The van der Waals surface area contributed by atoms with Gasteiger partial charge in [-0.25, -0.2) is 0 Å². The number of benzene rings is 1. The van der Waals surface area contributed by atoms with Crippen molar-refractivity contribution in [2.45, 2.75) is 12.6 Å². The van der Waals surface area contributed by atoms with E-state index in [0.29, 0.717) is 6.04 Å². The molecule has 6 heteroatoms. The van der Waals surface area contributed by atoms with E-state index in [1.54, 1.807) is 12.1 Å². The Balaban J connectivity index is 2.02. The molecule has 1 atom stereocenters. The molecule has 0 radical (unpaired) electrons. The lowest BCUT2D eigenvalue weighted by molar-refractivity contribution is -0.384. The molecule has 1 N–H and O–H groups in total. The zero-order valence-electron chi connectivity index (χ0n) is 11.0. The molecule has 1 aromatic rings. The molecule has 0 aromatic heterocycles. The number of anilines is 1. The minimum absolute atomic E-state index is 0.181. The van der Waals surface area contributed by atoms with Crippen molar-refractivity contribution >= 4 is 11.4 Å². The van der Waals surface area contributed by atoms with E-state index in [1.807, 2.05) is 6.07 Å². The van der Waals surface area contributed by atoms with Crippen LogP contribution in [0.4, 0.5) is 11.4 Å². The maximum absolute atomic E-state index is 10.9. The summed E-state index contributed by atoms with van der Waals surface area (Å²) in [6.07, 6.45) is 0. The van der Waals surface area contributed by atoms with Crippen molar-refractivity contribution in [2.75, 3.05) is 38.1 Å². The average Bonchev–Trinajstić information content (AvgIpc) is 2.53. The first-order chi connectivity index (χ1) is 9.15. The molecule has 1 unspecified atom stereocenters. The molecule has 0 saturated carbocycles. The largest absolute Gasteiger partial charge is 0.364 e. The molecule has 0 aliphatic carbocycles. The summed E-state index contributed by atoms with van der Waals surface area (Å²) in [5, 5.41) is 14.3. The molecule has 102 valence electrons. The molecule has 1 fully saturated rings. The van der Waals surface area contributed by atoms with Crippen LogP contribution in [0, 0.1) is 10.1 Å². The number of fused-ring (bicyclic) bond motifs is 3. The molecule has 0 amide bonds. The van der Waals surface area contributed by atoms with Gasteiger partial charge in [-0.1, -0.05) is 0 Å². The summed E-state index contributed by atoms with van der Waals surface area (Å²) in [7, 11) is 2.07. The predicted octanol–water partition coefficient (Wildman–Crippen LogP) is 0.818. The second-order valence-electron chi connectivity index (χ2n) is 5.32. The summed E-state index contributed by atoms with van der Waals surface area (Å²) in [6.45, 7) is 4.65. The van der Waals surface area contributed by atoms with Gasteiger partial charge < -0.3 is 10.2 Å². The molecule has 3 rings (SSSR count). The van der Waals surface area contributed by atoms with Gasteiger partial charge >= 0.3 is 0 Å². The Morgan fingerprint density at radius 2 is 2.32 bits per heavy atom. The van der Waals surface area contributed by atoms with Crippen molar-refractivity contribution in [3.8, 4) is 0 Å². The zero-order valence-corrected chi connectivity index (χ0v) is 11.0. The van der Waals surface area contributed by atoms with Crippen LogP contribution in [0.5, 0.6) is 0 Å². The lowest BCUT2D eigenvalue weighted by atomic mass is 10.1. The van der Waals surface area contributed by atoms with Crippen molar-refractivity contribution in [3.63, 3.8) is 0 Å². The fourth-order valence-corrected chi connectivity index (χ4v) is 3.05. The van der Waals surface area contributed by atoms with Gasteiger partial charge in [0.05, 0.1) is 11.0 Å². The summed E-state index contributed by atoms with van der Waals surface area (Å²) in [6, 6.07) is 5.69. The molecule has 19 heavy (non-hydrogen) atoms. The van der Waals surface area contributed by atoms with Gasteiger partial charge in [-0.05, 0) is 18.7 Å². The van der Waals surface area contributed by atoms with Crippen molar-refractivity contribution in [2.24, 2.45) is 0 Å². The van der Waals surface area contributed by atoms with Crippen LogP contribution >= 0.6 is 0 Å². The van der Waals surface area contributed by atoms with Crippen molar-refractivity contribution in [1.29, 1.82) is 0 Å². The van der Waals surface area contributed by atoms with Gasteiger partial charge in [0.2, 0.25) is 0 Å². The Morgan fingerprint density at radius 3 is 3.11 bits per heavy atom. The topological polar surface area (TPSA) is 61.6 Å². The smallest absolute Gasteiger partial charge is 0.269 e. The zero-order chi connectivity index (χ0) is 13.4. The van der Waals surface area contributed by atoms with Gasteiger partial charge in [-0.2, -0.15) is 0 Å². The Morgan fingerprint density at radius 1 is 1.47 bits per heavy atom. The summed E-state index contributed by atoms with van der Waals surface area (Å²) in [5.41, 5.74) is 2.39. The van der Waals surface area contributed by atoms with Crippen LogP contribution in [0.25, 0.3) is 0 Å². The Bertz CT molecular complexity index is 505. The van der Waals surface area contributed by atoms with Crippen molar-refractivity contribution in [3.05, 3.63) is 33.9 Å². The highest BCUT2D eigenvalue weighted by Gasteiger charge is 2.29. The van der Waals surface area contributed by atoms with Crippen LogP contribution in [-0.2, 0) is 6.54 Å². The Hall–Kier alpha value is -1.66. The molecule has 2 heterocycles. The predicted molar refractivity (Wildman–Crippen MR) is 73.4 cm³/mol. The van der Waals surface area contributed by atoms with Crippen LogP contribution in [-0.4, -0.2) is 49.1 Å². The SMILES string of the molecule is CN1Cc2cc([N+](=O)[O-])ccc2N2CCNCC2C1. The number of nitrogens with one attached hydrogen (secondary N) is 1. The highest BCUT2D eigenvalue weighted by Crippen LogP contribution is 2.31. The molecule has 6 nitrogen and oxygen atoms in total. The fraction of sp³-hybridized carbons (Fsp3) is 0.538. The van der Waals surface area contributed by atoms with Crippen LogP contribution in [0.2, 0.25) is 0 Å². The minimum Gasteiger partial charge on any atom is -0.364 e. The summed E-state index contributed by atoms with van der Waals surface area (Å²) in [5.74, 6) is 0. The number of likely N-dealkylation sites (N-methyl/N-ethyl adjacent to an activating group) is 1. The number of hydrogen-bond acceptors (Lipinski definition) is 5. The van der Waals surface area contributed by atoms with Crippen LogP contribution in [0.1, 0.15) is 5.56 Å². The third-order valence-electron chi connectivity index (χ3n) is 3.90. The normalized spacial score (nSPS) is 23.4. The monoisotopic (exact) mass is 262 g/mol. The Kier molecular flexibility index (Phi) is 3.12. The summed E-state index contributed by atoms with van der Waals surface area (Å²) >= 11 is 0. The summed E-state index contributed by atoms with van der Waals surface area (Å²) in [4.78, 5) is 15.2. The molecule has 1 saturated heterocycles. The number of nitrogens with zero attached hydrogens (tertiary/aromatic N) is 3. The van der Waals surface area contributed by atoms with E-state index in [9.17, 15) is 10.1 Å². The number of hydrogen-bond donors (Lipinski definition) is 1. The quantitative estimate of drug-likeness (QED) is 0.599. The molecule has 2 aliphatic rings.